The average molecular weight is 283 g/mol. The molecule has 1 heterocycles. The molecular weight excluding hydrogens is 250 g/mol. The third kappa shape index (κ3) is 7.25. The normalized spacial score (nSPS) is 18.9. The average Bonchev–Trinajstić information content (AvgIpc) is 2.41. The van der Waals surface area contributed by atoms with Crippen molar-refractivity contribution in [3.05, 3.63) is 0 Å². The van der Waals surface area contributed by atoms with E-state index in [2.05, 4.69) is 36.3 Å². The Morgan fingerprint density at radius 1 is 1.25 bits per heavy atom. The lowest BCUT2D eigenvalue weighted by Crippen LogP contribution is -2.44. The quantitative estimate of drug-likeness (QED) is 0.636. The molecular formula is C16H33N3O. The van der Waals surface area contributed by atoms with Crippen LogP contribution < -0.4 is 10.6 Å². The smallest absolute Gasteiger partial charge is 0.234 e. The number of nitrogens with one attached hydrogen (secondary N) is 2. The fourth-order valence-corrected chi connectivity index (χ4v) is 2.86. The molecule has 2 N–H and O–H groups in total. The van der Waals surface area contributed by atoms with Crippen molar-refractivity contribution < 1.29 is 4.79 Å². The van der Waals surface area contributed by atoms with Crippen LogP contribution in [0, 0.1) is 5.92 Å². The molecule has 1 amide bonds. The Kier molecular flexibility index (Phi) is 8.86. The fraction of sp³-hybridized carbons (Fsp3) is 0.938. The molecule has 0 aromatic carbocycles. The summed E-state index contributed by atoms with van der Waals surface area (Å²) in [4.78, 5) is 14.2. The van der Waals surface area contributed by atoms with Gasteiger partial charge in [-0.1, -0.05) is 20.3 Å². The van der Waals surface area contributed by atoms with Gasteiger partial charge in [0, 0.05) is 6.04 Å². The molecule has 1 aliphatic heterocycles. The number of amides is 1. The summed E-state index contributed by atoms with van der Waals surface area (Å²) in [7, 11) is 0. The second kappa shape index (κ2) is 10.2. The number of hydrogen-bond donors (Lipinski definition) is 2. The largest absolute Gasteiger partial charge is 0.353 e. The molecule has 1 rings (SSSR count). The highest BCUT2D eigenvalue weighted by Crippen LogP contribution is 2.15. The third-order valence-corrected chi connectivity index (χ3v) is 4.06. The second-order valence-corrected chi connectivity index (χ2v) is 6.18. The van der Waals surface area contributed by atoms with Crippen LogP contribution in [0.2, 0.25) is 0 Å². The second-order valence-electron chi connectivity index (χ2n) is 6.18. The van der Waals surface area contributed by atoms with Gasteiger partial charge in [-0.2, -0.15) is 0 Å². The van der Waals surface area contributed by atoms with Crippen LogP contribution in [0.5, 0.6) is 0 Å². The molecule has 0 aliphatic carbocycles. The summed E-state index contributed by atoms with van der Waals surface area (Å²) in [5, 5.41) is 6.59. The van der Waals surface area contributed by atoms with E-state index in [1.165, 1.54) is 19.3 Å². The predicted molar refractivity (Wildman–Crippen MR) is 84.8 cm³/mol. The van der Waals surface area contributed by atoms with E-state index in [9.17, 15) is 4.79 Å². The minimum atomic E-state index is 0.188. The van der Waals surface area contributed by atoms with Crippen LogP contribution in [0.3, 0.4) is 0 Å². The summed E-state index contributed by atoms with van der Waals surface area (Å²) < 4.78 is 0. The van der Waals surface area contributed by atoms with Gasteiger partial charge in [0.15, 0.2) is 0 Å². The van der Waals surface area contributed by atoms with Crippen molar-refractivity contribution in [3.63, 3.8) is 0 Å². The molecule has 1 saturated heterocycles. The number of rotatable bonds is 9. The number of nitrogens with zero attached hydrogens (tertiary/aromatic N) is 1. The van der Waals surface area contributed by atoms with E-state index in [1.54, 1.807) is 0 Å². The van der Waals surface area contributed by atoms with Crippen LogP contribution in [0.25, 0.3) is 0 Å². The first-order valence-electron chi connectivity index (χ1n) is 8.38. The minimum absolute atomic E-state index is 0.188. The van der Waals surface area contributed by atoms with E-state index >= 15 is 0 Å². The predicted octanol–water partition coefficient (Wildman–Crippen LogP) is 2.00. The molecule has 0 spiro atoms. The molecule has 0 aromatic rings. The van der Waals surface area contributed by atoms with Crippen LogP contribution in [0.4, 0.5) is 0 Å². The maximum absolute atomic E-state index is 11.9. The van der Waals surface area contributed by atoms with Crippen molar-refractivity contribution in [2.45, 2.75) is 58.9 Å². The van der Waals surface area contributed by atoms with Gasteiger partial charge in [-0.15, -0.1) is 0 Å². The zero-order chi connectivity index (χ0) is 14.8. The molecule has 0 saturated carbocycles. The van der Waals surface area contributed by atoms with Crippen LogP contribution in [0.15, 0.2) is 0 Å². The summed E-state index contributed by atoms with van der Waals surface area (Å²) in [5.41, 5.74) is 0. The van der Waals surface area contributed by atoms with Crippen LogP contribution in [-0.4, -0.2) is 49.6 Å². The Morgan fingerprint density at radius 2 is 1.95 bits per heavy atom. The molecule has 20 heavy (non-hydrogen) atoms. The Hall–Kier alpha value is -0.610. The van der Waals surface area contributed by atoms with E-state index in [1.807, 2.05) is 0 Å². The Morgan fingerprint density at radius 3 is 2.55 bits per heavy atom. The van der Waals surface area contributed by atoms with Crippen molar-refractivity contribution in [2.24, 2.45) is 5.92 Å². The van der Waals surface area contributed by atoms with Gasteiger partial charge >= 0.3 is 0 Å². The summed E-state index contributed by atoms with van der Waals surface area (Å²) in [5.74, 6) is 0.980. The van der Waals surface area contributed by atoms with Crippen molar-refractivity contribution >= 4 is 5.91 Å². The van der Waals surface area contributed by atoms with Gasteiger partial charge in [-0.25, -0.2) is 0 Å². The zero-order valence-corrected chi connectivity index (χ0v) is 13.6. The summed E-state index contributed by atoms with van der Waals surface area (Å²) in [6, 6.07) is 0.309. The maximum atomic E-state index is 11.9. The van der Waals surface area contributed by atoms with Crippen LogP contribution in [0.1, 0.15) is 52.9 Å². The van der Waals surface area contributed by atoms with E-state index in [0.717, 1.165) is 44.9 Å². The highest BCUT2D eigenvalue weighted by Gasteiger charge is 2.20. The Labute approximate surface area is 124 Å². The molecule has 1 fully saturated rings. The molecule has 1 aliphatic rings. The first-order valence-corrected chi connectivity index (χ1v) is 8.38. The Balaban J connectivity index is 2.13. The van der Waals surface area contributed by atoms with Gasteiger partial charge < -0.3 is 10.6 Å². The SMILES string of the molecule is CCCNCC1CCN(CC(=O)NC(C)CCC)CC1. The van der Waals surface area contributed by atoms with Crippen molar-refractivity contribution in [1.29, 1.82) is 0 Å². The molecule has 0 radical (unpaired) electrons. The highest BCUT2D eigenvalue weighted by atomic mass is 16.2. The van der Waals surface area contributed by atoms with Gasteiger partial charge in [0.25, 0.3) is 0 Å². The monoisotopic (exact) mass is 283 g/mol. The number of piperidine rings is 1. The van der Waals surface area contributed by atoms with Crippen molar-refractivity contribution in [2.75, 3.05) is 32.7 Å². The molecule has 0 bridgehead atoms. The lowest BCUT2D eigenvalue weighted by molar-refractivity contribution is -0.123. The minimum Gasteiger partial charge on any atom is -0.353 e. The molecule has 1 unspecified atom stereocenters. The fourth-order valence-electron chi connectivity index (χ4n) is 2.86. The summed E-state index contributed by atoms with van der Waals surface area (Å²) >= 11 is 0. The van der Waals surface area contributed by atoms with Crippen molar-refractivity contribution in [1.82, 2.24) is 15.5 Å². The lowest BCUT2D eigenvalue weighted by Gasteiger charge is -2.31. The van der Waals surface area contributed by atoms with Gasteiger partial charge in [0.05, 0.1) is 6.54 Å². The first kappa shape index (κ1) is 17.4. The summed E-state index contributed by atoms with van der Waals surface area (Å²) in [6.07, 6.45) is 5.83. The topological polar surface area (TPSA) is 44.4 Å². The van der Waals surface area contributed by atoms with E-state index in [0.29, 0.717) is 12.6 Å². The van der Waals surface area contributed by atoms with E-state index in [-0.39, 0.29) is 5.91 Å². The van der Waals surface area contributed by atoms with Crippen LogP contribution in [-0.2, 0) is 4.79 Å². The Bertz CT molecular complexity index is 262. The van der Waals surface area contributed by atoms with Crippen molar-refractivity contribution in [3.8, 4) is 0 Å². The van der Waals surface area contributed by atoms with Crippen LogP contribution >= 0.6 is 0 Å². The molecule has 4 nitrogen and oxygen atoms in total. The number of carbonyl (C=O) groups excluding carboxylic acids is 1. The molecule has 118 valence electrons. The van der Waals surface area contributed by atoms with Gasteiger partial charge in [-0.05, 0) is 64.7 Å². The van der Waals surface area contributed by atoms with Gasteiger partial charge in [0.1, 0.15) is 0 Å². The standard InChI is InChI=1S/C16H33N3O/c1-4-6-14(3)18-16(20)13-19-10-7-15(8-11-19)12-17-9-5-2/h14-15,17H,4-13H2,1-3H3,(H,18,20). The summed E-state index contributed by atoms with van der Waals surface area (Å²) in [6.45, 7) is 11.4. The number of likely N-dealkylation sites (tertiary alicyclic amines) is 1. The molecule has 0 aromatic heterocycles. The van der Waals surface area contributed by atoms with Gasteiger partial charge in [0.2, 0.25) is 5.91 Å². The van der Waals surface area contributed by atoms with E-state index in [4.69, 9.17) is 0 Å². The van der Waals surface area contributed by atoms with E-state index < -0.39 is 0 Å². The first-order chi connectivity index (χ1) is 9.65. The molecule has 4 heteroatoms. The molecule has 1 atom stereocenters. The lowest BCUT2D eigenvalue weighted by atomic mass is 9.97. The zero-order valence-electron chi connectivity index (χ0n) is 13.6. The highest BCUT2D eigenvalue weighted by molar-refractivity contribution is 5.78. The number of carbonyl (C=O) groups is 1. The maximum Gasteiger partial charge on any atom is 0.234 e. The van der Waals surface area contributed by atoms with Gasteiger partial charge in [-0.3, -0.25) is 9.69 Å². The number of hydrogen-bond acceptors (Lipinski definition) is 3. The third-order valence-electron chi connectivity index (χ3n) is 4.06.